The van der Waals surface area contributed by atoms with E-state index in [1.165, 1.54) is 12.8 Å². The summed E-state index contributed by atoms with van der Waals surface area (Å²) in [6.07, 6.45) is 8.42. The number of ether oxygens (including phenoxy) is 1. The number of aromatic nitrogens is 2. The summed E-state index contributed by atoms with van der Waals surface area (Å²) in [5.74, 6) is 1.44. The van der Waals surface area contributed by atoms with E-state index in [0.29, 0.717) is 17.5 Å². The third kappa shape index (κ3) is 4.18. The van der Waals surface area contributed by atoms with Gasteiger partial charge in [-0.15, -0.1) is 12.4 Å². The number of nitrogens with one attached hydrogen (secondary N) is 1. The zero-order valence-corrected chi connectivity index (χ0v) is 15.7. The van der Waals surface area contributed by atoms with E-state index in [9.17, 15) is 4.79 Å². The highest BCUT2D eigenvalue weighted by Gasteiger charge is 2.44. The van der Waals surface area contributed by atoms with Gasteiger partial charge in [0.25, 0.3) is 5.91 Å². The summed E-state index contributed by atoms with van der Waals surface area (Å²) in [5.41, 5.74) is 0.677. The van der Waals surface area contributed by atoms with Gasteiger partial charge in [0, 0.05) is 51.1 Å². The number of nitrogens with zero attached hydrogens (tertiary/aromatic N) is 3. The van der Waals surface area contributed by atoms with Gasteiger partial charge in [-0.1, -0.05) is 0 Å². The SMILES string of the molecule is CCn1cc(C(=O)N[C@H]2CN(C3CCOCC3)C[C@@H]2C2CC2)cn1.Cl. The lowest BCUT2D eigenvalue weighted by molar-refractivity contribution is 0.0404. The first-order valence-corrected chi connectivity index (χ1v) is 9.39. The Labute approximate surface area is 155 Å². The van der Waals surface area contributed by atoms with Crippen molar-refractivity contribution in [3.8, 4) is 0 Å². The minimum atomic E-state index is 0. The third-order valence-electron chi connectivity index (χ3n) is 5.86. The smallest absolute Gasteiger partial charge is 0.254 e. The van der Waals surface area contributed by atoms with E-state index in [1.54, 1.807) is 10.9 Å². The van der Waals surface area contributed by atoms with Crippen LogP contribution in [0.4, 0.5) is 0 Å². The maximum Gasteiger partial charge on any atom is 0.254 e. The van der Waals surface area contributed by atoms with Crippen molar-refractivity contribution >= 4 is 18.3 Å². The minimum Gasteiger partial charge on any atom is -0.381 e. The summed E-state index contributed by atoms with van der Waals surface area (Å²) in [7, 11) is 0. The number of amides is 1. The number of hydrogen-bond acceptors (Lipinski definition) is 4. The van der Waals surface area contributed by atoms with E-state index in [-0.39, 0.29) is 24.4 Å². The second kappa shape index (κ2) is 8.06. The highest BCUT2D eigenvalue weighted by atomic mass is 35.5. The molecule has 4 rings (SSSR count). The fraction of sp³-hybridized carbons (Fsp3) is 0.778. The van der Waals surface area contributed by atoms with Crippen molar-refractivity contribution in [2.24, 2.45) is 11.8 Å². The lowest BCUT2D eigenvalue weighted by Gasteiger charge is -2.31. The zero-order valence-electron chi connectivity index (χ0n) is 14.9. The van der Waals surface area contributed by atoms with Gasteiger partial charge < -0.3 is 10.1 Å². The highest BCUT2D eigenvalue weighted by Crippen LogP contribution is 2.42. The number of rotatable bonds is 5. The summed E-state index contributed by atoms with van der Waals surface area (Å²) in [4.78, 5) is 15.2. The molecule has 25 heavy (non-hydrogen) atoms. The third-order valence-corrected chi connectivity index (χ3v) is 5.86. The molecule has 2 saturated heterocycles. The standard InChI is InChI=1S/C18H28N4O2.ClH/c1-2-22-10-14(9-19-22)18(23)20-17-12-21(11-16(17)13-3-4-13)15-5-7-24-8-6-15;/h9-10,13,15-17H,2-8,11-12H2,1H3,(H,20,23);1H/t16-,17+;/m1./s1. The van der Waals surface area contributed by atoms with Crippen LogP contribution in [0, 0.1) is 11.8 Å². The molecule has 1 aromatic rings. The molecule has 0 unspecified atom stereocenters. The van der Waals surface area contributed by atoms with E-state index in [0.717, 1.165) is 51.6 Å². The number of carbonyl (C=O) groups is 1. The van der Waals surface area contributed by atoms with Gasteiger partial charge in [0.05, 0.1) is 11.8 Å². The van der Waals surface area contributed by atoms with E-state index in [4.69, 9.17) is 4.74 Å². The molecule has 1 N–H and O–H groups in total. The van der Waals surface area contributed by atoms with E-state index in [1.807, 2.05) is 13.1 Å². The molecule has 0 spiro atoms. The van der Waals surface area contributed by atoms with Crippen molar-refractivity contribution in [2.45, 2.75) is 51.2 Å². The summed E-state index contributed by atoms with van der Waals surface area (Å²) >= 11 is 0. The highest BCUT2D eigenvalue weighted by molar-refractivity contribution is 5.93. The largest absolute Gasteiger partial charge is 0.381 e. The lowest BCUT2D eigenvalue weighted by Crippen LogP contribution is -2.42. The van der Waals surface area contributed by atoms with E-state index < -0.39 is 0 Å². The molecule has 1 amide bonds. The molecule has 6 nitrogen and oxygen atoms in total. The zero-order chi connectivity index (χ0) is 16.5. The number of halogens is 1. The Hall–Kier alpha value is -1.11. The molecule has 7 heteroatoms. The van der Waals surface area contributed by atoms with E-state index >= 15 is 0 Å². The molecular formula is C18H29ClN4O2. The van der Waals surface area contributed by atoms with Crippen molar-refractivity contribution in [1.29, 1.82) is 0 Å². The van der Waals surface area contributed by atoms with Crippen molar-refractivity contribution in [1.82, 2.24) is 20.0 Å². The van der Waals surface area contributed by atoms with Crippen LogP contribution in [0.5, 0.6) is 0 Å². The van der Waals surface area contributed by atoms with Gasteiger partial charge >= 0.3 is 0 Å². The normalized spacial score (nSPS) is 27.9. The fourth-order valence-electron chi connectivity index (χ4n) is 4.27. The number of hydrogen-bond donors (Lipinski definition) is 1. The Bertz CT molecular complexity index is 583. The number of aryl methyl sites for hydroxylation is 1. The van der Waals surface area contributed by atoms with Crippen LogP contribution in [0.2, 0.25) is 0 Å². The first-order chi connectivity index (χ1) is 11.7. The van der Waals surface area contributed by atoms with Crippen LogP contribution in [0.1, 0.15) is 43.0 Å². The van der Waals surface area contributed by atoms with E-state index in [2.05, 4.69) is 15.3 Å². The molecule has 0 radical (unpaired) electrons. The molecule has 0 bridgehead atoms. The van der Waals surface area contributed by atoms with Crippen LogP contribution in [-0.2, 0) is 11.3 Å². The first kappa shape index (κ1) is 18.7. The Kier molecular flexibility index (Phi) is 6.02. The van der Waals surface area contributed by atoms with Gasteiger partial charge in [-0.3, -0.25) is 14.4 Å². The molecule has 1 aromatic heterocycles. The maximum absolute atomic E-state index is 12.6. The summed E-state index contributed by atoms with van der Waals surface area (Å²) in [6.45, 7) is 6.69. The molecule has 3 fully saturated rings. The van der Waals surface area contributed by atoms with Crippen LogP contribution in [0.25, 0.3) is 0 Å². The van der Waals surface area contributed by atoms with Gasteiger partial charge in [0.15, 0.2) is 0 Å². The first-order valence-electron chi connectivity index (χ1n) is 9.39. The molecule has 140 valence electrons. The van der Waals surface area contributed by atoms with Gasteiger partial charge in [-0.05, 0) is 44.4 Å². The van der Waals surface area contributed by atoms with Crippen LogP contribution in [-0.4, -0.2) is 59.0 Å². The van der Waals surface area contributed by atoms with Crippen molar-refractivity contribution in [2.75, 3.05) is 26.3 Å². The van der Waals surface area contributed by atoms with Crippen LogP contribution < -0.4 is 5.32 Å². The maximum atomic E-state index is 12.6. The second-order valence-electron chi connectivity index (χ2n) is 7.46. The van der Waals surface area contributed by atoms with Gasteiger partial charge in [-0.2, -0.15) is 5.10 Å². The topological polar surface area (TPSA) is 59.4 Å². The summed E-state index contributed by atoms with van der Waals surface area (Å²) < 4.78 is 7.30. The molecule has 2 aliphatic heterocycles. The predicted molar refractivity (Wildman–Crippen MR) is 98.0 cm³/mol. The minimum absolute atomic E-state index is 0. The van der Waals surface area contributed by atoms with Crippen molar-refractivity contribution in [3.63, 3.8) is 0 Å². The number of likely N-dealkylation sites (tertiary alicyclic amines) is 1. The average molecular weight is 369 g/mol. The summed E-state index contributed by atoms with van der Waals surface area (Å²) in [5, 5.41) is 7.52. The van der Waals surface area contributed by atoms with Crippen molar-refractivity contribution in [3.05, 3.63) is 18.0 Å². The Morgan fingerprint density at radius 1 is 1.28 bits per heavy atom. The molecule has 1 saturated carbocycles. The van der Waals surface area contributed by atoms with Crippen LogP contribution in [0.3, 0.4) is 0 Å². The molecular weight excluding hydrogens is 340 g/mol. The molecule has 0 aromatic carbocycles. The molecule has 1 aliphatic carbocycles. The van der Waals surface area contributed by atoms with Gasteiger partial charge in [-0.25, -0.2) is 0 Å². The van der Waals surface area contributed by atoms with Crippen molar-refractivity contribution < 1.29 is 9.53 Å². The van der Waals surface area contributed by atoms with Crippen LogP contribution in [0.15, 0.2) is 12.4 Å². The van der Waals surface area contributed by atoms with Gasteiger partial charge in [0.2, 0.25) is 0 Å². The summed E-state index contributed by atoms with van der Waals surface area (Å²) in [6, 6.07) is 0.905. The Balaban J connectivity index is 0.00000182. The quantitative estimate of drug-likeness (QED) is 0.862. The fourth-order valence-corrected chi connectivity index (χ4v) is 4.27. The van der Waals surface area contributed by atoms with Gasteiger partial charge in [0.1, 0.15) is 0 Å². The Morgan fingerprint density at radius 2 is 2.04 bits per heavy atom. The average Bonchev–Trinajstić information content (AvgIpc) is 3.19. The number of carbonyl (C=O) groups excluding carboxylic acids is 1. The van der Waals surface area contributed by atoms with Crippen LogP contribution >= 0.6 is 12.4 Å². The molecule has 2 atom stereocenters. The Morgan fingerprint density at radius 3 is 2.68 bits per heavy atom. The molecule has 3 aliphatic rings. The molecule has 3 heterocycles. The predicted octanol–water partition coefficient (Wildman–Crippen LogP) is 1.94. The second-order valence-corrected chi connectivity index (χ2v) is 7.46. The monoisotopic (exact) mass is 368 g/mol. The lowest BCUT2D eigenvalue weighted by atomic mass is 9.98.